The third kappa shape index (κ3) is 3.88. The molecule has 3 aromatic rings. The van der Waals surface area contributed by atoms with Crippen molar-refractivity contribution in [3.05, 3.63) is 71.2 Å². The molecular formula is C24H26N4OS. The van der Waals surface area contributed by atoms with Gasteiger partial charge in [0.25, 0.3) is 5.91 Å². The van der Waals surface area contributed by atoms with Crippen LogP contribution in [0.2, 0.25) is 0 Å². The van der Waals surface area contributed by atoms with Crippen molar-refractivity contribution in [2.24, 2.45) is 0 Å². The summed E-state index contributed by atoms with van der Waals surface area (Å²) in [7, 11) is 0. The Labute approximate surface area is 181 Å². The molecule has 0 aliphatic heterocycles. The highest BCUT2D eigenvalue weighted by Gasteiger charge is 2.24. The number of nitrogens with one attached hydrogen (secondary N) is 1. The molecule has 5 rings (SSSR count). The van der Waals surface area contributed by atoms with Gasteiger partial charge in [-0.1, -0.05) is 31.0 Å². The van der Waals surface area contributed by atoms with Crippen LogP contribution in [-0.4, -0.2) is 25.9 Å². The van der Waals surface area contributed by atoms with Crippen LogP contribution in [0.3, 0.4) is 0 Å². The summed E-state index contributed by atoms with van der Waals surface area (Å²) in [5.41, 5.74) is 5.31. The Morgan fingerprint density at radius 3 is 2.73 bits per heavy atom. The number of carbonyl (C=O) groups is 1. The lowest BCUT2D eigenvalue weighted by atomic mass is 10.2. The molecule has 30 heavy (non-hydrogen) atoms. The quantitative estimate of drug-likeness (QED) is 0.629. The van der Waals surface area contributed by atoms with Gasteiger partial charge < -0.3 is 5.32 Å². The van der Waals surface area contributed by atoms with Crippen LogP contribution in [0.15, 0.2) is 53.7 Å². The number of benzene rings is 1. The lowest BCUT2D eigenvalue weighted by Crippen LogP contribution is -2.24. The highest BCUT2D eigenvalue weighted by Crippen LogP contribution is 2.35. The lowest BCUT2D eigenvalue weighted by Gasteiger charge is -2.12. The summed E-state index contributed by atoms with van der Waals surface area (Å²) in [6.45, 7) is 0.448. The van der Waals surface area contributed by atoms with Crippen molar-refractivity contribution in [2.75, 3.05) is 0 Å². The van der Waals surface area contributed by atoms with Crippen molar-refractivity contribution < 1.29 is 4.79 Å². The number of nitrogens with zero attached hydrogens (tertiary/aromatic N) is 3. The van der Waals surface area contributed by atoms with Gasteiger partial charge in [-0.3, -0.25) is 4.79 Å². The fourth-order valence-electron chi connectivity index (χ4n) is 4.52. The summed E-state index contributed by atoms with van der Waals surface area (Å²) in [5, 5.41) is 9.39. The van der Waals surface area contributed by atoms with E-state index in [-0.39, 0.29) is 5.91 Å². The van der Waals surface area contributed by atoms with Gasteiger partial charge in [0.15, 0.2) is 0 Å². The van der Waals surface area contributed by atoms with Crippen molar-refractivity contribution >= 4 is 17.7 Å². The fourth-order valence-corrected chi connectivity index (χ4v) is 5.81. The average Bonchev–Trinajstić information content (AvgIpc) is 3.52. The Hall–Kier alpha value is -2.60. The first-order chi connectivity index (χ1) is 14.8. The van der Waals surface area contributed by atoms with E-state index in [2.05, 4.69) is 27.1 Å². The Bertz CT molecular complexity index is 1040. The number of amides is 1. The molecule has 1 aromatic carbocycles. The summed E-state index contributed by atoms with van der Waals surface area (Å²) in [5.74, 6) is -0.0652. The summed E-state index contributed by atoms with van der Waals surface area (Å²) >= 11 is 1.76. The molecule has 2 aromatic heterocycles. The minimum absolute atomic E-state index is 0.0652. The molecule has 0 unspecified atom stereocenters. The van der Waals surface area contributed by atoms with Gasteiger partial charge in [0.05, 0.1) is 23.5 Å². The van der Waals surface area contributed by atoms with Gasteiger partial charge in [-0.25, -0.2) is 9.67 Å². The van der Waals surface area contributed by atoms with Crippen molar-refractivity contribution in [2.45, 2.75) is 61.8 Å². The van der Waals surface area contributed by atoms with Gasteiger partial charge in [0.1, 0.15) is 5.03 Å². The molecule has 154 valence electrons. The van der Waals surface area contributed by atoms with Crippen LogP contribution in [0.25, 0.3) is 5.69 Å². The van der Waals surface area contributed by atoms with Crippen LogP contribution in [0.4, 0.5) is 0 Å². The second-order valence-electron chi connectivity index (χ2n) is 8.04. The first-order valence-corrected chi connectivity index (χ1v) is 11.7. The van der Waals surface area contributed by atoms with Gasteiger partial charge >= 0.3 is 0 Å². The zero-order valence-corrected chi connectivity index (χ0v) is 17.8. The summed E-state index contributed by atoms with van der Waals surface area (Å²) < 4.78 is 2.05. The molecule has 1 amide bonds. The van der Waals surface area contributed by atoms with E-state index >= 15 is 0 Å². The predicted molar refractivity (Wildman–Crippen MR) is 119 cm³/mol. The third-order valence-corrected chi connectivity index (χ3v) is 7.38. The van der Waals surface area contributed by atoms with E-state index in [1.165, 1.54) is 36.9 Å². The van der Waals surface area contributed by atoms with Crippen molar-refractivity contribution in [3.63, 3.8) is 0 Å². The highest BCUT2D eigenvalue weighted by molar-refractivity contribution is 7.99. The fraction of sp³-hybridized carbons (Fsp3) is 0.375. The van der Waals surface area contributed by atoms with Crippen molar-refractivity contribution in [1.82, 2.24) is 20.1 Å². The maximum atomic E-state index is 13.0. The molecule has 0 atom stereocenters. The molecule has 2 heterocycles. The molecule has 1 fully saturated rings. The van der Waals surface area contributed by atoms with E-state index in [1.54, 1.807) is 18.0 Å². The van der Waals surface area contributed by atoms with E-state index in [9.17, 15) is 4.79 Å². The van der Waals surface area contributed by atoms with Crippen LogP contribution >= 0.6 is 11.8 Å². The zero-order chi connectivity index (χ0) is 20.3. The number of hydrogen-bond acceptors (Lipinski definition) is 4. The second kappa shape index (κ2) is 8.64. The van der Waals surface area contributed by atoms with Gasteiger partial charge in [-0.2, -0.15) is 5.10 Å². The molecule has 1 saturated carbocycles. The SMILES string of the molecule is O=C(NCc1nn(-c2ccccc2)c2c1CCC2)c1cccnc1SC1CCCC1. The number of para-hydroxylation sites is 1. The molecule has 1 N–H and O–H groups in total. The molecule has 0 bridgehead atoms. The molecule has 0 saturated heterocycles. The first kappa shape index (κ1) is 19.4. The molecule has 5 nitrogen and oxygen atoms in total. The van der Waals surface area contributed by atoms with E-state index in [0.29, 0.717) is 17.4 Å². The summed E-state index contributed by atoms with van der Waals surface area (Å²) in [4.78, 5) is 17.5. The Morgan fingerprint density at radius 1 is 1.07 bits per heavy atom. The van der Waals surface area contributed by atoms with Crippen molar-refractivity contribution in [1.29, 1.82) is 0 Å². The minimum Gasteiger partial charge on any atom is -0.346 e. The predicted octanol–water partition coefficient (Wildman–Crippen LogP) is 4.72. The standard InChI is InChI=1S/C24H26N4OS/c29-23(20-13-7-15-25-24(20)30-18-10-4-5-11-18)26-16-21-19-12-6-14-22(19)28(27-21)17-8-2-1-3-9-17/h1-3,7-9,13,15,18H,4-6,10-12,14,16H2,(H,26,29). The van der Waals surface area contributed by atoms with Crippen molar-refractivity contribution in [3.8, 4) is 5.69 Å². The number of aromatic nitrogens is 3. The van der Waals surface area contributed by atoms with Crippen LogP contribution in [0.1, 0.15) is 59.4 Å². The van der Waals surface area contributed by atoms with Crippen LogP contribution in [-0.2, 0) is 19.4 Å². The monoisotopic (exact) mass is 418 g/mol. The Balaban J connectivity index is 1.33. The topological polar surface area (TPSA) is 59.8 Å². The number of thioether (sulfide) groups is 1. The van der Waals surface area contributed by atoms with E-state index < -0.39 is 0 Å². The number of pyridine rings is 1. The molecule has 2 aliphatic carbocycles. The maximum Gasteiger partial charge on any atom is 0.254 e. The smallest absolute Gasteiger partial charge is 0.254 e. The van der Waals surface area contributed by atoms with Gasteiger partial charge in [-0.15, -0.1) is 11.8 Å². The van der Waals surface area contributed by atoms with E-state index in [1.807, 2.05) is 30.3 Å². The number of carbonyl (C=O) groups excluding carboxylic acids is 1. The zero-order valence-electron chi connectivity index (χ0n) is 17.0. The normalized spacial score (nSPS) is 16.0. The molecule has 0 radical (unpaired) electrons. The van der Waals surface area contributed by atoms with Gasteiger partial charge in [0, 0.05) is 17.1 Å². The molecule has 2 aliphatic rings. The second-order valence-corrected chi connectivity index (χ2v) is 9.33. The lowest BCUT2D eigenvalue weighted by molar-refractivity contribution is 0.0946. The average molecular weight is 419 g/mol. The summed E-state index contributed by atoms with van der Waals surface area (Å²) in [6, 6.07) is 14.0. The van der Waals surface area contributed by atoms with Crippen LogP contribution in [0, 0.1) is 0 Å². The first-order valence-electron chi connectivity index (χ1n) is 10.8. The maximum absolute atomic E-state index is 13.0. The number of hydrogen-bond donors (Lipinski definition) is 1. The Kier molecular flexibility index (Phi) is 5.58. The molecular weight excluding hydrogens is 392 g/mol. The largest absolute Gasteiger partial charge is 0.346 e. The third-order valence-electron chi connectivity index (χ3n) is 6.03. The van der Waals surface area contributed by atoms with Gasteiger partial charge in [-0.05, 0) is 61.9 Å². The van der Waals surface area contributed by atoms with Gasteiger partial charge in [0.2, 0.25) is 0 Å². The summed E-state index contributed by atoms with van der Waals surface area (Å²) in [6.07, 6.45) is 9.98. The van der Waals surface area contributed by atoms with Crippen LogP contribution in [0.5, 0.6) is 0 Å². The minimum atomic E-state index is -0.0652. The van der Waals surface area contributed by atoms with E-state index in [0.717, 1.165) is 35.7 Å². The highest BCUT2D eigenvalue weighted by atomic mass is 32.2. The number of rotatable bonds is 6. The number of fused-ring (bicyclic) bond motifs is 1. The molecule has 0 spiro atoms. The van der Waals surface area contributed by atoms with E-state index in [4.69, 9.17) is 5.10 Å². The van der Waals surface area contributed by atoms with Crippen LogP contribution < -0.4 is 5.32 Å². The molecule has 6 heteroatoms. The Morgan fingerprint density at radius 2 is 1.90 bits per heavy atom.